The zero-order valence-electron chi connectivity index (χ0n) is 16.6. The van der Waals surface area contributed by atoms with Gasteiger partial charge in [-0.05, 0) is 50.1 Å². The first-order chi connectivity index (χ1) is 13.0. The van der Waals surface area contributed by atoms with Crippen LogP contribution in [0.4, 0.5) is 5.69 Å². The van der Waals surface area contributed by atoms with E-state index >= 15 is 0 Å². The van der Waals surface area contributed by atoms with E-state index in [9.17, 15) is 4.79 Å². The summed E-state index contributed by atoms with van der Waals surface area (Å²) in [6.45, 7) is 9.18. The molecule has 0 aromatic heterocycles. The molecule has 0 aliphatic carbocycles. The topological polar surface area (TPSA) is 42.0 Å². The number of anilines is 1. The highest BCUT2D eigenvalue weighted by Crippen LogP contribution is 2.24. The quantitative estimate of drug-likeness (QED) is 0.811. The van der Waals surface area contributed by atoms with E-state index in [0.717, 1.165) is 13.1 Å². The van der Waals surface area contributed by atoms with Gasteiger partial charge in [0.05, 0.1) is 7.11 Å². The second kappa shape index (κ2) is 8.33. The molecule has 1 amide bonds. The molecule has 1 atom stereocenters. The summed E-state index contributed by atoms with van der Waals surface area (Å²) in [6.07, 6.45) is -0.524. The zero-order valence-corrected chi connectivity index (χ0v) is 16.6. The fraction of sp³-hybridized carbons (Fsp3) is 0.409. The van der Waals surface area contributed by atoms with Crippen molar-refractivity contribution in [1.29, 1.82) is 0 Å². The molecule has 2 aromatic rings. The SMILES string of the molecule is COc1cccc(O[C@@H](C)C(=O)N2CCN(c3cccc(C)c3C)CC2)c1. The Labute approximate surface area is 161 Å². The van der Waals surface area contributed by atoms with Gasteiger partial charge in [-0.15, -0.1) is 0 Å². The van der Waals surface area contributed by atoms with Crippen LogP contribution in [0.1, 0.15) is 18.1 Å². The van der Waals surface area contributed by atoms with Crippen LogP contribution >= 0.6 is 0 Å². The fourth-order valence-electron chi connectivity index (χ4n) is 3.43. The molecule has 0 N–H and O–H groups in total. The Morgan fingerprint density at radius 1 is 1.00 bits per heavy atom. The highest BCUT2D eigenvalue weighted by molar-refractivity contribution is 5.81. The Hall–Kier alpha value is -2.69. The molecule has 5 heteroatoms. The molecule has 3 rings (SSSR count). The van der Waals surface area contributed by atoms with Gasteiger partial charge in [0.25, 0.3) is 5.91 Å². The highest BCUT2D eigenvalue weighted by Gasteiger charge is 2.26. The number of amides is 1. The van der Waals surface area contributed by atoms with Gasteiger partial charge in [-0.2, -0.15) is 0 Å². The van der Waals surface area contributed by atoms with E-state index in [1.54, 1.807) is 20.1 Å². The average molecular weight is 368 g/mol. The minimum atomic E-state index is -0.524. The molecule has 27 heavy (non-hydrogen) atoms. The summed E-state index contributed by atoms with van der Waals surface area (Å²) in [5.74, 6) is 1.39. The summed E-state index contributed by atoms with van der Waals surface area (Å²) >= 11 is 0. The Bertz CT molecular complexity index is 798. The molecule has 0 unspecified atom stereocenters. The second-order valence-corrected chi connectivity index (χ2v) is 6.97. The Morgan fingerprint density at radius 3 is 2.37 bits per heavy atom. The molecule has 0 saturated carbocycles. The number of rotatable bonds is 5. The molecule has 2 aromatic carbocycles. The molecule has 144 valence electrons. The lowest BCUT2D eigenvalue weighted by Gasteiger charge is -2.38. The van der Waals surface area contributed by atoms with Gasteiger partial charge in [0.1, 0.15) is 11.5 Å². The number of aryl methyl sites for hydroxylation is 1. The second-order valence-electron chi connectivity index (χ2n) is 6.97. The van der Waals surface area contributed by atoms with E-state index in [1.165, 1.54) is 16.8 Å². The van der Waals surface area contributed by atoms with E-state index in [1.807, 2.05) is 23.1 Å². The summed E-state index contributed by atoms with van der Waals surface area (Å²) in [5, 5.41) is 0. The third kappa shape index (κ3) is 4.35. The summed E-state index contributed by atoms with van der Waals surface area (Å²) in [5.41, 5.74) is 3.88. The minimum Gasteiger partial charge on any atom is -0.497 e. The summed E-state index contributed by atoms with van der Waals surface area (Å²) < 4.78 is 11.0. The molecule has 0 bridgehead atoms. The van der Waals surface area contributed by atoms with Crippen LogP contribution in [-0.4, -0.2) is 50.2 Å². The smallest absolute Gasteiger partial charge is 0.263 e. The Balaban J connectivity index is 1.58. The maximum Gasteiger partial charge on any atom is 0.263 e. The van der Waals surface area contributed by atoms with Crippen molar-refractivity contribution < 1.29 is 14.3 Å². The maximum atomic E-state index is 12.8. The highest BCUT2D eigenvalue weighted by atomic mass is 16.5. The normalized spacial score (nSPS) is 15.4. The van der Waals surface area contributed by atoms with E-state index < -0.39 is 6.10 Å². The first kappa shape index (κ1) is 19.1. The van der Waals surface area contributed by atoms with Crippen LogP contribution in [0.3, 0.4) is 0 Å². The molecule has 1 heterocycles. The molecule has 5 nitrogen and oxygen atoms in total. The van der Waals surface area contributed by atoms with Gasteiger partial charge in [0, 0.05) is 37.9 Å². The zero-order chi connectivity index (χ0) is 19.4. The van der Waals surface area contributed by atoms with Crippen LogP contribution in [0.2, 0.25) is 0 Å². The number of carbonyl (C=O) groups is 1. The molecular formula is C22H28N2O3. The van der Waals surface area contributed by atoms with E-state index in [4.69, 9.17) is 9.47 Å². The Morgan fingerprint density at radius 2 is 1.67 bits per heavy atom. The van der Waals surface area contributed by atoms with Crippen molar-refractivity contribution in [3.63, 3.8) is 0 Å². The number of methoxy groups -OCH3 is 1. The number of benzene rings is 2. The summed E-state index contributed by atoms with van der Waals surface area (Å²) in [4.78, 5) is 17.0. The molecule has 0 radical (unpaired) electrons. The lowest BCUT2D eigenvalue weighted by atomic mass is 10.1. The molecule has 0 spiro atoms. The number of hydrogen-bond acceptors (Lipinski definition) is 4. The van der Waals surface area contributed by atoms with Gasteiger partial charge >= 0.3 is 0 Å². The predicted molar refractivity (Wildman–Crippen MR) is 108 cm³/mol. The third-order valence-electron chi connectivity index (χ3n) is 5.21. The minimum absolute atomic E-state index is 0.0263. The van der Waals surface area contributed by atoms with Crippen molar-refractivity contribution in [1.82, 2.24) is 4.90 Å². The van der Waals surface area contributed by atoms with Crippen LogP contribution in [0, 0.1) is 13.8 Å². The van der Waals surface area contributed by atoms with Crippen LogP contribution < -0.4 is 14.4 Å². The standard InChI is InChI=1S/C22H28N2O3/c1-16-7-5-10-21(17(16)2)23-11-13-24(14-12-23)22(25)18(3)27-20-9-6-8-19(15-20)26-4/h5-10,15,18H,11-14H2,1-4H3/t18-/m0/s1. The number of ether oxygens (including phenoxy) is 2. The van der Waals surface area contributed by atoms with Crippen molar-refractivity contribution in [2.45, 2.75) is 26.9 Å². The molecule has 1 saturated heterocycles. The monoisotopic (exact) mass is 368 g/mol. The summed E-state index contributed by atoms with van der Waals surface area (Å²) in [7, 11) is 1.61. The molecular weight excluding hydrogens is 340 g/mol. The largest absolute Gasteiger partial charge is 0.497 e. The number of piperazine rings is 1. The predicted octanol–water partition coefficient (Wildman–Crippen LogP) is 3.43. The van der Waals surface area contributed by atoms with Crippen LogP contribution in [0.25, 0.3) is 0 Å². The van der Waals surface area contributed by atoms with Crippen molar-refractivity contribution in [2.75, 3.05) is 38.2 Å². The average Bonchev–Trinajstić information content (AvgIpc) is 2.70. The van der Waals surface area contributed by atoms with Gasteiger partial charge in [0.2, 0.25) is 0 Å². The van der Waals surface area contributed by atoms with Gasteiger partial charge in [0.15, 0.2) is 6.10 Å². The first-order valence-electron chi connectivity index (χ1n) is 9.40. The van der Waals surface area contributed by atoms with Gasteiger partial charge in [-0.1, -0.05) is 18.2 Å². The van der Waals surface area contributed by atoms with Crippen molar-refractivity contribution in [3.05, 3.63) is 53.6 Å². The molecule has 1 fully saturated rings. The molecule has 1 aliphatic rings. The lowest BCUT2D eigenvalue weighted by molar-refractivity contribution is -0.138. The molecule has 1 aliphatic heterocycles. The van der Waals surface area contributed by atoms with Crippen LogP contribution in [0.5, 0.6) is 11.5 Å². The van der Waals surface area contributed by atoms with E-state index in [-0.39, 0.29) is 5.91 Å². The van der Waals surface area contributed by atoms with Gasteiger partial charge in [-0.3, -0.25) is 4.79 Å². The first-order valence-corrected chi connectivity index (χ1v) is 9.40. The van der Waals surface area contributed by atoms with Crippen molar-refractivity contribution in [2.24, 2.45) is 0 Å². The third-order valence-corrected chi connectivity index (χ3v) is 5.21. The van der Waals surface area contributed by atoms with E-state index in [0.29, 0.717) is 24.6 Å². The van der Waals surface area contributed by atoms with Crippen molar-refractivity contribution in [3.8, 4) is 11.5 Å². The van der Waals surface area contributed by atoms with E-state index in [2.05, 4.69) is 36.9 Å². The van der Waals surface area contributed by atoms with Crippen LogP contribution in [0.15, 0.2) is 42.5 Å². The number of nitrogens with zero attached hydrogens (tertiary/aromatic N) is 2. The fourth-order valence-corrected chi connectivity index (χ4v) is 3.43. The van der Waals surface area contributed by atoms with Crippen LogP contribution in [-0.2, 0) is 4.79 Å². The number of hydrogen-bond donors (Lipinski definition) is 0. The summed E-state index contributed by atoms with van der Waals surface area (Å²) in [6, 6.07) is 13.7. The Kier molecular flexibility index (Phi) is 5.89. The van der Waals surface area contributed by atoms with Gasteiger partial charge in [-0.25, -0.2) is 0 Å². The maximum absolute atomic E-state index is 12.8. The van der Waals surface area contributed by atoms with Crippen molar-refractivity contribution >= 4 is 11.6 Å². The lowest BCUT2D eigenvalue weighted by Crippen LogP contribution is -2.52. The number of carbonyl (C=O) groups excluding carboxylic acids is 1. The van der Waals surface area contributed by atoms with Gasteiger partial charge < -0.3 is 19.3 Å².